The molecule has 4 nitrogen and oxygen atoms in total. The van der Waals surface area contributed by atoms with Crippen molar-refractivity contribution >= 4 is 17.6 Å². The lowest BCUT2D eigenvalue weighted by atomic mass is 10.1. The van der Waals surface area contributed by atoms with E-state index < -0.39 is 11.8 Å². The molecule has 1 aromatic heterocycles. The Kier molecular flexibility index (Phi) is 3.34. The molecule has 2 rings (SSSR count). The average molecular weight is 269 g/mol. The third kappa shape index (κ3) is 2.36. The summed E-state index contributed by atoms with van der Waals surface area (Å²) >= 11 is 5.89. The monoisotopic (exact) mass is 268 g/mol. The number of aryl methyl sites for hydroxylation is 1. The van der Waals surface area contributed by atoms with Crippen molar-refractivity contribution < 1.29 is 14.3 Å². The Morgan fingerprint density at radius 3 is 2.83 bits per heavy atom. The van der Waals surface area contributed by atoms with Gasteiger partial charge >= 0.3 is 5.97 Å². The van der Waals surface area contributed by atoms with Crippen LogP contribution in [0.25, 0.3) is 0 Å². The van der Waals surface area contributed by atoms with E-state index in [2.05, 4.69) is 9.97 Å². The largest absolute Gasteiger partial charge is 0.476 e. The number of H-pyrrole nitrogens is 1. The van der Waals surface area contributed by atoms with Crippen LogP contribution in [0.4, 0.5) is 4.39 Å². The number of aromatic nitrogens is 2. The van der Waals surface area contributed by atoms with E-state index in [-0.39, 0.29) is 12.1 Å². The maximum Gasteiger partial charge on any atom is 0.356 e. The fourth-order valence-corrected chi connectivity index (χ4v) is 1.91. The number of halogens is 2. The van der Waals surface area contributed by atoms with Gasteiger partial charge in [0.25, 0.3) is 0 Å². The zero-order chi connectivity index (χ0) is 13.3. The molecule has 0 radical (unpaired) electrons. The summed E-state index contributed by atoms with van der Waals surface area (Å²) < 4.78 is 13.6. The van der Waals surface area contributed by atoms with Gasteiger partial charge in [-0.1, -0.05) is 17.7 Å². The first kappa shape index (κ1) is 12.6. The molecular weight excluding hydrogens is 259 g/mol. The zero-order valence-electron chi connectivity index (χ0n) is 9.50. The minimum absolute atomic E-state index is 0.0579. The fourth-order valence-electron chi connectivity index (χ4n) is 1.68. The van der Waals surface area contributed by atoms with E-state index in [1.54, 1.807) is 13.0 Å². The summed E-state index contributed by atoms with van der Waals surface area (Å²) in [5.41, 5.74) is 0.673. The van der Waals surface area contributed by atoms with Crippen molar-refractivity contribution in [3.8, 4) is 0 Å². The summed E-state index contributed by atoms with van der Waals surface area (Å²) in [7, 11) is 0. The Morgan fingerprint density at radius 2 is 2.28 bits per heavy atom. The SMILES string of the molecule is Cc1[nH]c(Cc2c(F)cccc2Cl)nc1C(=O)O. The van der Waals surface area contributed by atoms with Crippen LogP contribution in [0.1, 0.15) is 27.6 Å². The number of carboxylic acid groups (broad SMARTS) is 1. The van der Waals surface area contributed by atoms with Gasteiger partial charge in [0.15, 0.2) is 5.69 Å². The van der Waals surface area contributed by atoms with Gasteiger partial charge in [-0.05, 0) is 19.1 Å². The predicted octanol–water partition coefficient (Wildman–Crippen LogP) is 2.80. The van der Waals surface area contributed by atoms with Gasteiger partial charge < -0.3 is 10.1 Å². The number of aromatic amines is 1. The van der Waals surface area contributed by atoms with E-state index in [4.69, 9.17) is 16.7 Å². The number of nitrogens with zero attached hydrogens (tertiary/aromatic N) is 1. The highest BCUT2D eigenvalue weighted by molar-refractivity contribution is 6.31. The summed E-state index contributed by atoms with van der Waals surface area (Å²) in [5, 5.41) is 9.16. The van der Waals surface area contributed by atoms with E-state index in [9.17, 15) is 9.18 Å². The number of imidazole rings is 1. The highest BCUT2D eigenvalue weighted by Crippen LogP contribution is 2.21. The third-order valence-electron chi connectivity index (χ3n) is 2.54. The summed E-state index contributed by atoms with van der Waals surface area (Å²) in [6.45, 7) is 1.60. The van der Waals surface area contributed by atoms with Crippen LogP contribution in [0.3, 0.4) is 0 Å². The molecule has 0 spiro atoms. The lowest BCUT2D eigenvalue weighted by molar-refractivity contribution is 0.0690. The van der Waals surface area contributed by atoms with Crippen molar-refractivity contribution in [1.82, 2.24) is 9.97 Å². The van der Waals surface area contributed by atoms with Gasteiger partial charge in [-0.2, -0.15) is 0 Å². The summed E-state index contributed by atoms with van der Waals surface area (Å²) in [5.74, 6) is -1.18. The zero-order valence-corrected chi connectivity index (χ0v) is 10.3. The quantitative estimate of drug-likeness (QED) is 0.899. The molecule has 1 heterocycles. The van der Waals surface area contributed by atoms with Crippen molar-refractivity contribution in [3.05, 3.63) is 51.8 Å². The molecule has 6 heteroatoms. The van der Waals surface area contributed by atoms with Gasteiger partial charge in [0.2, 0.25) is 0 Å². The second-order valence-electron chi connectivity index (χ2n) is 3.84. The van der Waals surface area contributed by atoms with E-state index in [1.165, 1.54) is 12.1 Å². The smallest absolute Gasteiger partial charge is 0.356 e. The molecule has 1 aromatic carbocycles. The number of aromatic carboxylic acids is 1. The standard InChI is InChI=1S/C12H10ClFN2O2/c1-6-11(12(17)18)16-10(15-6)5-7-8(13)3-2-4-9(7)14/h2-4H,5H2,1H3,(H,15,16)(H,17,18). The van der Waals surface area contributed by atoms with Crippen LogP contribution in [-0.4, -0.2) is 21.0 Å². The Morgan fingerprint density at radius 1 is 1.56 bits per heavy atom. The van der Waals surface area contributed by atoms with Crippen LogP contribution >= 0.6 is 11.6 Å². The normalized spacial score (nSPS) is 10.6. The van der Waals surface area contributed by atoms with Gasteiger partial charge in [0.05, 0.1) is 0 Å². The molecule has 2 N–H and O–H groups in total. The fraction of sp³-hybridized carbons (Fsp3) is 0.167. The van der Waals surface area contributed by atoms with Gasteiger partial charge in [-0.3, -0.25) is 0 Å². The molecule has 0 amide bonds. The van der Waals surface area contributed by atoms with Crippen molar-refractivity contribution in [1.29, 1.82) is 0 Å². The molecule has 94 valence electrons. The van der Waals surface area contributed by atoms with Crippen molar-refractivity contribution in [2.75, 3.05) is 0 Å². The molecule has 18 heavy (non-hydrogen) atoms. The van der Waals surface area contributed by atoms with Crippen LogP contribution in [0.2, 0.25) is 5.02 Å². The number of carbonyl (C=O) groups is 1. The maximum absolute atomic E-state index is 13.6. The molecule has 0 atom stereocenters. The number of carboxylic acids is 1. The molecule has 2 aromatic rings. The third-order valence-corrected chi connectivity index (χ3v) is 2.90. The Balaban J connectivity index is 2.35. The Hall–Kier alpha value is -1.88. The first-order valence-corrected chi connectivity index (χ1v) is 5.58. The first-order valence-electron chi connectivity index (χ1n) is 5.20. The van der Waals surface area contributed by atoms with Crippen molar-refractivity contribution in [2.45, 2.75) is 13.3 Å². The molecular formula is C12H10ClFN2O2. The van der Waals surface area contributed by atoms with Gasteiger partial charge in [-0.25, -0.2) is 14.2 Å². The number of hydrogen-bond acceptors (Lipinski definition) is 2. The molecule has 0 aliphatic carbocycles. The van der Waals surface area contributed by atoms with Crippen LogP contribution in [0.5, 0.6) is 0 Å². The second kappa shape index (κ2) is 4.78. The van der Waals surface area contributed by atoms with E-state index in [1.807, 2.05) is 0 Å². The summed E-state index contributed by atoms with van der Waals surface area (Å²) in [4.78, 5) is 17.6. The van der Waals surface area contributed by atoms with Crippen LogP contribution in [0.15, 0.2) is 18.2 Å². The average Bonchev–Trinajstić information content (AvgIpc) is 2.65. The van der Waals surface area contributed by atoms with E-state index in [0.29, 0.717) is 22.1 Å². The lowest BCUT2D eigenvalue weighted by Gasteiger charge is -2.03. The minimum Gasteiger partial charge on any atom is -0.476 e. The number of rotatable bonds is 3. The maximum atomic E-state index is 13.6. The van der Waals surface area contributed by atoms with Crippen molar-refractivity contribution in [2.24, 2.45) is 0 Å². The van der Waals surface area contributed by atoms with Gasteiger partial charge in [-0.15, -0.1) is 0 Å². The second-order valence-corrected chi connectivity index (χ2v) is 4.25. The van der Waals surface area contributed by atoms with Gasteiger partial charge in [0.1, 0.15) is 11.6 Å². The number of hydrogen-bond donors (Lipinski definition) is 2. The minimum atomic E-state index is -1.12. The van der Waals surface area contributed by atoms with Crippen LogP contribution in [0, 0.1) is 12.7 Å². The highest BCUT2D eigenvalue weighted by atomic mass is 35.5. The van der Waals surface area contributed by atoms with Crippen LogP contribution < -0.4 is 0 Å². The first-order chi connectivity index (χ1) is 8.49. The number of nitrogens with one attached hydrogen (secondary N) is 1. The van der Waals surface area contributed by atoms with Crippen LogP contribution in [-0.2, 0) is 6.42 Å². The predicted molar refractivity (Wildman–Crippen MR) is 64.5 cm³/mol. The number of benzene rings is 1. The molecule has 0 aliphatic heterocycles. The van der Waals surface area contributed by atoms with Crippen molar-refractivity contribution in [3.63, 3.8) is 0 Å². The van der Waals surface area contributed by atoms with E-state index >= 15 is 0 Å². The molecule has 0 aliphatic rings. The van der Waals surface area contributed by atoms with Gasteiger partial charge in [0, 0.05) is 22.7 Å². The molecule has 0 fully saturated rings. The molecule has 0 saturated heterocycles. The highest BCUT2D eigenvalue weighted by Gasteiger charge is 2.15. The summed E-state index contributed by atoms with van der Waals surface area (Å²) in [6, 6.07) is 4.39. The Labute approximate surface area is 107 Å². The summed E-state index contributed by atoms with van der Waals surface area (Å²) in [6.07, 6.45) is 0.125. The lowest BCUT2D eigenvalue weighted by Crippen LogP contribution is -1.99. The van der Waals surface area contributed by atoms with E-state index in [0.717, 1.165) is 0 Å². The molecule has 0 bridgehead atoms. The topological polar surface area (TPSA) is 66.0 Å². The molecule has 0 saturated carbocycles. The Bertz CT molecular complexity index is 590. The molecule has 0 unspecified atom stereocenters.